The molecule has 0 N–H and O–H groups in total. The first-order valence-corrected chi connectivity index (χ1v) is 9.60. The molecular weight excluding hydrogens is 334 g/mol. The summed E-state index contributed by atoms with van der Waals surface area (Å²) in [6.07, 6.45) is 8.97. The van der Waals surface area contributed by atoms with Crippen LogP contribution < -0.4 is 4.74 Å². The second kappa shape index (κ2) is 6.78. The largest absolute Gasteiger partial charge is 0.497 e. The first-order chi connectivity index (χ1) is 13.1. The number of methoxy groups -OCH3 is 1. The molecule has 2 aromatic carbocycles. The average molecular weight is 359 g/mol. The van der Waals surface area contributed by atoms with E-state index < -0.39 is 5.54 Å². The first kappa shape index (κ1) is 17.7. The summed E-state index contributed by atoms with van der Waals surface area (Å²) in [5.41, 5.74) is 2.61. The molecule has 0 saturated heterocycles. The lowest BCUT2D eigenvalue weighted by Gasteiger charge is -2.47. The lowest BCUT2D eigenvalue weighted by atomic mass is 9.66. The van der Waals surface area contributed by atoms with Crippen LogP contribution in [0.2, 0.25) is 0 Å². The second-order valence-electron chi connectivity index (χ2n) is 7.81. The molecule has 3 nitrogen and oxygen atoms in total. The number of nitrogens with zero attached hydrogens (tertiary/aromatic N) is 1. The van der Waals surface area contributed by atoms with Gasteiger partial charge in [0.2, 0.25) is 0 Å². The van der Waals surface area contributed by atoms with Crippen molar-refractivity contribution in [2.45, 2.75) is 38.3 Å². The van der Waals surface area contributed by atoms with Gasteiger partial charge in [0.25, 0.3) is 5.91 Å². The Bertz CT molecular complexity index is 895. The van der Waals surface area contributed by atoms with E-state index in [2.05, 4.69) is 18.9 Å². The molecule has 3 atom stereocenters. The number of ether oxygens (including phenoxy) is 1. The predicted molar refractivity (Wildman–Crippen MR) is 106 cm³/mol. The van der Waals surface area contributed by atoms with Crippen LogP contribution in [0, 0.1) is 24.2 Å². The molecular formula is C24H25NO2. The molecule has 2 aromatic rings. The topological polar surface area (TPSA) is 29.5 Å². The Balaban J connectivity index is 1.79. The van der Waals surface area contributed by atoms with Crippen molar-refractivity contribution in [1.82, 2.24) is 4.90 Å². The minimum absolute atomic E-state index is 0.0344. The van der Waals surface area contributed by atoms with Gasteiger partial charge in [0, 0.05) is 18.0 Å². The zero-order valence-electron chi connectivity index (χ0n) is 15.9. The van der Waals surface area contributed by atoms with Crippen LogP contribution in [0.1, 0.15) is 47.7 Å². The standard InChI is InChI=1S/C24H25NO2/c1-4-19-15-17(2)13-14-24(19)22-8-6-5-7-21(22)23(26)25(24)16-18-9-11-20(27-3)12-10-18/h1,5-12,17,19H,13-16H2,2-3H3. The fraction of sp³-hybridized carbons (Fsp3) is 0.375. The quantitative estimate of drug-likeness (QED) is 0.749. The van der Waals surface area contributed by atoms with E-state index in [0.717, 1.165) is 41.7 Å². The van der Waals surface area contributed by atoms with Gasteiger partial charge in [-0.1, -0.05) is 37.3 Å². The van der Waals surface area contributed by atoms with Crippen molar-refractivity contribution in [3.63, 3.8) is 0 Å². The maximum absolute atomic E-state index is 13.4. The monoisotopic (exact) mass is 359 g/mol. The van der Waals surface area contributed by atoms with Gasteiger partial charge in [-0.05, 0) is 54.5 Å². The third-order valence-corrected chi connectivity index (χ3v) is 6.28. The SMILES string of the molecule is C#CC1CC(C)CCC12c1ccccc1C(=O)N2Cc1ccc(OC)cc1. The molecule has 2 aliphatic rings. The maximum Gasteiger partial charge on any atom is 0.255 e. The molecule has 3 unspecified atom stereocenters. The van der Waals surface area contributed by atoms with Crippen LogP contribution in [0.4, 0.5) is 0 Å². The van der Waals surface area contributed by atoms with Gasteiger partial charge in [-0.25, -0.2) is 0 Å². The third-order valence-electron chi connectivity index (χ3n) is 6.28. The summed E-state index contributed by atoms with van der Waals surface area (Å²) >= 11 is 0. The molecule has 1 aliphatic carbocycles. The Morgan fingerprint density at radius 3 is 2.67 bits per heavy atom. The summed E-state index contributed by atoms with van der Waals surface area (Å²) < 4.78 is 5.26. The molecule has 1 amide bonds. The van der Waals surface area contributed by atoms with Crippen LogP contribution >= 0.6 is 0 Å². The number of fused-ring (bicyclic) bond motifs is 2. The minimum Gasteiger partial charge on any atom is -0.497 e. The van der Waals surface area contributed by atoms with E-state index in [1.165, 1.54) is 0 Å². The molecule has 27 heavy (non-hydrogen) atoms. The molecule has 138 valence electrons. The van der Waals surface area contributed by atoms with Crippen molar-refractivity contribution in [1.29, 1.82) is 0 Å². The van der Waals surface area contributed by atoms with Gasteiger partial charge in [-0.15, -0.1) is 12.3 Å². The van der Waals surface area contributed by atoms with Crippen LogP contribution in [-0.2, 0) is 12.1 Å². The van der Waals surface area contributed by atoms with Gasteiger partial charge >= 0.3 is 0 Å². The Morgan fingerprint density at radius 2 is 1.96 bits per heavy atom. The Kier molecular flexibility index (Phi) is 4.44. The van der Waals surface area contributed by atoms with Crippen molar-refractivity contribution in [3.05, 3.63) is 65.2 Å². The molecule has 1 fully saturated rings. The van der Waals surface area contributed by atoms with E-state index in [1.54, 1.807) is 7.11 Å². The van der Waals surface area contributed by atoms with Gasteiger partial charge in [-0.2, -0.15) is 0 Å². The number of carbonyl (C=O) groups excluding carboxylic acids is 1. The fourth-order valence-electron chi connectivity index (χ4n) is 4.85. The molecule has 0 radical (unpaired) electrons. The summed E-state index contributed by atoms with van der Waals surface area (Å²) in [6, 6.07) is 15.9. The summed E-state index contributed by atoms with van der Waals surface area (Å²) in [5.74, 6) is 4.58. The molecule has 0 aromatic heterocycles. The normalized spacial score (nSPS) is 26.7. The van der Waals surface area contributed by atoms with Gasteiger partial charge in [0.15, 0.2) is 0 Å². The smallest absolute Gasteiger partial charge is 0.255 e. The van der Waals surface area contributed by atoms with Gasteiger partial charge < -0.3 is 9.64 Å². The summed E-state index contributed by atoms with van der Waals surface area (Å²) in [7, 11) is 1.66. The van der Waals surface area contributed by atoms with Crippen LogP contribution in [0.3, 0.4) is 0 Å². The number of benzene rings is 2. The van der Waals surface area contributed by atoms with Crippen molar-refractivity contribution < 1.29 is 9.53 Å². The number of hydrogen-bond acceptors (Lipinski definition) is 2. The van der Waals surface area contributed by atoms with Crippen molar-refractivity contribution >= 4 is 5.91 Å². The number of amides is 1. The van der Waals surface area contributed by atoms with Gasteiger partial charge in [0.05, 0.1) is 12.6 Å². The van der Waals surface area contributed by atoms with Gasteiger partial charge in [-0.3, -0.25) is 4.79 Å². The number of rotatable bonds is 3. The molecule has 1 aliphatic heterocycles. The molecule has 3 heteroatoms. The minimum atomic E-state index is -0.394. The summed E-state index contributed by atoms with van der Waals surface area (Å²) in [5, 5.41) is 0. The summed E-state index contributed by atoms with van der Waals surface area (Å²) in [6.45, 7) is 2.82. The van der Waals surface area contributed by atoms with E-state index in [4.69, 9.17) is 11.2 Å². The van der Waals surface area contributed by atoms with Crippen LogP contribution in [0.25, 0.3) is 0 Å². The van der Waals surface area contributed by atoms with Gasteiger partial charge in [0.1, 0.15) is 5.75 Å². The highest BCUT2D eigenvalue weighted by Gasteiger charge is 2.55. The highest BCUT2D eigenvalue weighted by atomic mass is 16.5. The van der Waals surface area contributed by atoms with Crippen LogP contribution in [0.15, 0.2) is 48.5 Å². The van der Waals surface area contributed by atoms with Crippen LogP contribution in [-0.4, -0.2) is 17.9 Å². The maximum atomic E-state index is 13.4. The second-order valence-corrected chi connectivity index (χ2v) is 7.81. The summed E-state index contributed by atoms with van der Waals surface area (Å²) in [4.78, 5) is 15.4. The van der Waals surface area contributed by atoms with Crippen LogP contribution in [0.5, 0.6) is 5.75 Å². The van der Waals surface area contributed by atoms with Crippen molar-refractivity contribution in [3.8, 4) is 18.1 Å². The highest BCUT2D eigenvalue weighted by molar-refractivity contribution is 6.00. The van der Waals surface area contributed by atoms with E-state index in [9.17, 15) is 4.79 Å². The van der Waals surface area contributed by atoms with Crippen molar-refractivity contribution in [2.75, 3.05) is 7.11 Å². The molecule has 1 heterocycles. The molecule has 1 saturated carbocycles. The Hall–Kier alpha value is -2.73. The molecule has 4 rings (SSSR count). The Labute approximate surface area is 161 Å². The Morgan fingerprint density at radius 1 is 1.22 bits per heavy atom. The number of carbonyl (C=O) groups is 1. The van der Waals surface area contributed by atoms with E-state index in [-0.39, 0.29) is 11.8 Å². The molecule has 0 bridgehead atoms. The van der Waals surface area contributed by atoms with E-state index in [0.29, 0.717) is 12.5 Å². The predicted octanol–water partition coefficient (Wildman–Crippen LogP) is 4.62. The number of terminal acetylenes is 1. The lowest BCUT2D eigenvalue weighted by Crippen LogP contribution is -2.51. The lowest BCUT2D eigenvalue weighted by molar-refractivity contribution is 0.0151. The first-order valence-electron chi connectivity index (χ1n) is 9.60. The van der Waals surface area contributed by atoms with Crippen molar-refractivity contribution in [2.24, 2.45) is 11.8 Å². The van der Waals surface area contributed by atoms with E-state index in [1.807, 2.05) is 47.4 Å². The third kappa shape index (κ3) is 2.72. The average Bonchev–Trinajstić information content (AvgIpc) is 2.94. The number of hydrogen-bond donors (Lipinski definition) is 0. The molecule has 1 spiro atoms. The zero-order valence-corrected chi connectivity index (χ0v) is 15.9. The van der Waals surface area contributed by atoms with E-state index >= 15 is 0 Å². The fourth-order valence-corrected chi connectivity index (χ4v) is 4.85. The highest BCUT2D eigenvalue weighted by Crippen LogP contribution is 2.53. The zero-order chi connectivity index (χ0) is 19.0.